The van der Waals surface area contributed by atoms with Crippen molar-refractivity contribution in [2.75, 3.05) is 0 Å². The number of fused-ring (bicyclic) bond motifs is 5. The van der Waals surface area contributed by atoms with Crippen LogP contribution < -0.4 is 0 Å². The van der Waals surface area contributed by atoms with Gasteiger partial charge in [0, 0.05) is 12.8 Å². The minimum absolute atomic E-state index is 0.00456. The van der Waals surface area contributed by atoms with Gasteiger partial charge in [-0.3, -0.25) is 9.35 Å². The molecular formula is C27H46O6S. The van der Waals surface area contributed by atoms with Crippen molar-refractivity contribution in [3.05, 3.63) is 0 Å². The van der Waals surface area contributed by atoms with Gasteiger partial charge in [0.2, 0.25) is 0 Å². The summed E-state index contributed by atoms with van der Waals surface area (Å²) < 4.78 is 36.7. The molecular weight excluding hydrogens is 452 g/mol. The van der Waals surface area contributed by atoms with Crippen LogP contribution in [-0.4, -0.2) is 36.1 Å². The Morgan fingerprint density at radius 3 is 2.35 bits per heavy atom. The first-order chi connectivity index (χ1) is 15.8. The second-order valence-corrected chi connectivity index (χ2v) is 14.2. The summed E-state index contributed by atoms with van der Waals surface area (Å²) in [5, 5.41) is 11.4. The van der Waals surface area contributed by atoms with Crippen LogP contribution in [-0.2, 0) is 19.4 Å². The van der Waals surface area contributed by atoms with Gasteiger partial charge in [-0.05, 0) is 104 Å². The molecule has 196 valence electrons. The second kappa shape index (κ2) is 9.42. The highest BCUT2D eigenvalue weighted by molar-refractivity contribution is 7.80. The molecule has 4 rings (SSSR count). The van der Waals surface area contributed by atoms with E-state index in [0.29, 0.717) is 60.6 Å². The second-order valence-electron chi connectivity index (χ2n) is 13.1. The topological polar surface area (TPSA) is 101 Å². The highest BCUT2D eigenvalue weighted by atomic mass is 32.3. The van der Waals surface area contributed by atoms with Crippen LogP contribution in [0.5, 0.6) is 0 Å². The monoisotopic (exact) mass is 498 g/mol. The summed E-state index contributed by atoms with van der Waals surface area (Å²) in [6, 6.07) is 0. The van der Waals surface area contributed by atoms with Crippen molar-refractivity contribution >= 4 is 16.2 Å². The van der Waals surface area contributed by atoms with E-state index in [9.17, 15) is 18.3 Å². The van der Waals surface area contributed by atoms with E-state index in [1.807, 2.05) is 13.8 Å². The summed E-state index contributed by atoms with van der Waals surface area (Å²) in [4.78, 5) is 12.2. The predicted octanol–water partition coefficient (Wildman–Crippen LogP) is 5.45. The molecule has 0 radical (unpaired) electrons. The number of hydrogen-bond acceptors (Lipinski definition) is 5. The third-order valence-electron chi connectivity index (χ3n) is 11.2. The minimum atomic E-state index is -4.45. The van der Waals surface area contributed by atoms with Crippen LogP contribution in [0.2, 0.25) is 0 Å². The van der Waals surface area contributed by atoms with E-state index in [4.69, 9.17) is 8.74 Å². The van der Waals surface area contributed by atoms with Gasteiger partial charge >= 0.3 is 10.4 Å². The standard InChI is InChI=1S/C27H46O6S/c1-16(2)24(33-34(30,31)32)9-6-17(3)20-7-8-21-25-22(11-13-27(20,21)5)26(4)12-10-19(28)14-18(26)15-23(25)29/h16-18,20-25,29H,6-15H2,1-5H3,(H,30,31,32)/t17-,18-,20-,21?,22?,23?,24-,25?,26+,27-/m1/s1. The van der Waals surface area contributed by atoms with E-state index in [2.05, 4.69) is 20.8 Å². The Morgan fingerprint density at radius 1 is 1.03 bits per heavy atom. The molecule has 0 amide bonds. The van der Waals surface area contributed by atoms with Crippen LogP contribution >= 0.6 is 0 Å². The van der Waals surface area contributed by atoms with Gasteiger partial charge in [-0.2, -0.15) is 8.42 Å². The third-order valence-corrected chi connectivity index (χ3v) is 11.6. The van der Waals surface area contributed by atoms with Crippen LogP contribution in [0.15, 0.2) is 0 Å². The maximum atomic E-state index is 12.2. The minimum Gasteiger partial charge on any atom is -0.393 e. The zero-order chi connectivity index (χ0) is 25.1. The molecule has 4 aliphatic carbocycles. The molecule has 34 heavy (non-hydrogen) atoms. The van der Waals surface area contributed by atoms with Crippen molar-refractivity contribution < 1.29 is 27.1 Å². The Hall–Kier alpha value is -0.500. The van der Waals surface area contributed by atoms with Crippen molar-refractivity contribution in [1.29, 1.82) is 0 Å². The molecule has 4 aliphatic rings. The average molecular weight is 499 g/mol. The number of hydrogen-bond donors (Lipinski definition) is 2. The average Bonchev–Trinajstić information content (AvgIpc) is 3.08. The molecule has 2 N–H and O–H groups in total. The molecule has 6 nitrogen and oxygen atoms in total. The fourth-order valence-corrected chi connectivity index (χ4v) is 9.90. The Morgan fingerprint density at radius 2 is 1.71 bits per heavy atom. The normalized spacial score (nSPS) is 44.3. The first kappa shape index (κ1) is 26.6. The maximum absolute atomic E-state index is 12.2. The van der Waals surface area contributed by atoms with Gasteiger partial charge in [0.05, 0.1) is 12.2 Å². The Labute approximate surface area is 206 Å². The van der Waals surface area contributed by atoms with Gasteiger partial charge in [-0.25, -0.2) is 4.18 Å². The maximum Gasteiger partial charge on any atom is 0.397 e. The van der Waals surface area contributed by atoms with Gasteiger partial charge in [0.1, 0.15) is 5.78 Å². The quantitative estimate of drug-likeness (QED) is 0.453. The molecule has 0 saturated heterocycles. The summed E-state index contributed by atoms with van der Waals surface area (Å²) in [6.07, 6.45) is 8.40. The summed E-state index contributed by atoms with van der Waals surface area (Å²) >= 11 is 0. The lowest BCUT2D eigenvalue weighted by Crippen LogP contribution is -2.58. The largest absolute Gasteiger partial charge is 0.397 e. The van der Waals surface area contributed by atoms with Crippen LogP contribution in [0.4, 0.5) is 0 Å². The van der Waals surface area contributed by atoms with Gasteiger partial charge in [-0.15, -0.1) is 0 Å². The number of Topliss-reactive ketones (excluding diaryl/α,β-unsaturated/α-hetero) is 1. The molecule has 4 saturated carbocycles. The third kappa shape index (κ3) is 4.76. The molecule has 7 heteroatoms. The van der Waals surface area contributed by atoms with Gasteiger partial charge in [0.25, 0.3) is 0 Å². The highest BCUT2D eigenvalue weighted by Crippen LogP contribution is 2.68. The lowest BCUT2D eigenvalue weighted by Gasteiger charge is -2.62. The molecule has 10 atom stereocenters. The summed E-state index contributed by atoms with van der Waals surface area (Å²) in [7, 11) is -4.45. The molecule has 0 aromatic carbocycles. The highest BCUT2D eigenvalue weighted by Gasteiger charge is 2.62. The molecule has 0 aromatic heterocycles. The number of rotatable bonds is 7. The Kier molecular flexibility index (Phi) is 7.36. The number of carbonyl (C=O) groups is 1. The van der Waals surface area contributed by atoms with Crippen molar-refractivity contribution in [2.24, 2.45) is 52.3 Å². The number of aliphatic hydroxyl groups excluding tert-OH is 1. The van der Waals surface area contributed by atoms with Crippen LogP contribution in [0, 0.1) is 52.3 Å². The first-order valence-electron chi connectivity index (χ1n) is 13.6. The molecule has 4 unspecified atom stereocenters. The van der Waals surface area contributed by atoms with Crippen LogP contribution in [0.1, 0.15) is 98.8 Å². The van der Waals surface area contributed by atoms with Crippen molar-refractivity contribution in [2.45, 2.75) is 111 Å². The van der Waals surface area contributed by atoms with E-state index in [-0.39, 0.29) is 22.9 Å². The molecule has 0 aliphatic heterocycles. The molecule has 0 spiro atoms. The summed E-state index contributed by atoms with van der Waals surface area (Å²) in [5.74, 6) is 3.04. The predicted molar refractivity (Wildman–Crippen MR) is 131 cm³/mol. The number of aliphatic hydroxyl groups is 1. The number of ketones is 1. The first-order valence-corrected chi connectivity index (χ1v) is 15.0. The van der Waals surface area contributed by atoms with E-state index in [0.717, 1.165) is 38.5 Å². The lowest BCUT2D eigenvalue weighted by molar-refractivity contribution is -0.169. The fraction of sp³-hybridized carbons (Fsp3) is 0.963. The van der Waals surface area contributed by atoms with Crippen LogP contribution in [0.3, 0.4) is 0 Å². The van der Waals surface area contributed by atoms with Crippen molar-refractivity contribution in [3.63, 3.8) is 0 Å². The van der Waals surface area contributed by atoms with E-state index in [1.165, 1.54) is 6.42 Å². The van der Waals surface area contributed by atoms with E-state index < -0.39 is 16.5 Å². The lowest BCUT2D eigenvalue weighted by atomic mass is 9.44. The van der Waals surface area contributed by atoms with E-state index in [1.54, 1.807) is 0 Å². The Balaban J connectivity index is 1.47. The zero-order valence-electron chi connectivity index (χ0n) is 21.7. The van der Waals surface area contributed by atoms with E-state index >= 15 is 0 Å². The zero-order valence-corrected chi connectivity index (χ0v) is 22.5. The SMILES string of the molecule is CC(C)[C@@H](CC[C@@H](C)[C@H]1CCC2C3C(O)C[C@H]4CC(=O)CC[C@]4(C)C3CC[C@@]21C)OS(=O)(=O)O. The summed E-state index contributed by atoms with van der Waals surface area (Å²) in [5.41, 5.74) is 0.368. The van der Waals surface area contributed by atoms with Gasteiger partial charge in [0.15, 0.2) is 0 Å². The number of carbonyl (C=O) groups excluding carboxylic acids is 1. The van der Waals surface area contributed by atoms with Crippen molar-refractivity contribution in [3.8, 4) is 0 Å². The molecule has 0 bridgehead atoms. The van der Waals surface area contributed by atoms with Gasteiger partial charge in [-0.1, -0.05) is 34.6 Å². The molecule has 4 fully saturated rings. The van der Waals surface area contributed by atoms with Gasteiger partial charge < -0.3 is 5.11 Å². The molecule has 0 aromatic rings. The fourth-order valence-electron chi connectivity index (χ4n) is 9.27. The van der Waals surface area contributed by atoms with Crippen molar-refractivity contribution in [1.82, 2.24) is 0 Å². The summed E-state index contributed by atoms with van der Waals surface area (Å²) in [6.45, 7) is 11.0. The Bertz CT molecular complexity index is 870. The smallest absolute Gasteiger partial charge is 0.393 e. The molecule has 0 heterocycles. The van der Waals surface area contributed by atoms with Crippen LogP contribution in [0.25, 0.3) is 0 Å².